The Hall–Kier alpha value is -2.42. The topological polar surface area (TPSA) is 21.5 Å². The second-order valence-electron chi connectivity index (χ2n) is 4.54. The van der Waals surface area contributed by atoms with Crippen LogP contribution in [0.5, 0.6) is 0 Å². The summed E-state index contributed by atoms with van der Waals surface area (Å²) in [6.45, 7) is 1.91. The number of pyridine rings is 1. The number of carbonyl (C=O) groups is 1. The molecule has 0 fully saturated rings. The van der Waals surface area contributed by atoms with Gasteiger partial charge in [-0.05, 0) is 18.6 Å². The highest BCUT2D eigenvalue weighted by Crippen LogP contribution is 2.19. The molecule has 1 aromatic carbocycles. The number of halogens is 1. The van der Waals surface area contributed by atoms with Crippen molar-refractivity contribution in [2.75, 3.05) is 0 Å². The summed E-state index contributed by atoms with van der Waals surface area (Å²) < 4.78 is 15.6. The van der Waals surface area contributed by atoms with Crippen LogP contribution >= 0.6 is 0 Å². The van der Waals surface area contributed by atoms with Gasteiger partial charge in [0.25, 0.3) is 0 Å². The van der Waals surface area contributed by atoms with Gasteiger partial charge in [0.1, 0.15) is 5.69 Å². The van der Waals surface area contributed by atoms with Crippen molar-refractivity contribution in [3.05, 3.63) is 77.4 Å². The lowest BCUT2D eigenvalue weighted by Gasteiger charge is -2.04. The molecule has 0 spiro atoms. The number of aromatic nitrogens is 1. The quantitative estimate of drug-likeness (QED) is 0.639. The van der Waals surface area contributed by atoms with E-state index in [0.29, 0.717) is 11.1 Å². The van der Waals surface area contributed by atoms with Gasteiger partial charge in [0.2, 0.25) is 5.78 Å². The van der Waals surface area contributed by atoms with Crippen LogP contribution in [-0.4, -0.2) is 10.2 Å². The summed E-state index contributed by atoms with van der Waals surface area (Å²) in [6, 6.07) is 13.8. The van der Waals surface area contributed by atoms with Crippen molar-refractivity contribution >= 4 is 11.3 Å². The third-order valence-corrected chi connectivity index (χ3v) is 3.12. The monoisotopic (exact) mass is 253 g/mol. The van der Waals surface area contributed by atoms with Crippen LogP contribution in [0.2, 0.25) is 0 Å². The molecule has 0 atom stereocenters. The van der Waals surface area contributed by atoms with Gasteiger partial charge in [-0.1, -0.05) is 36.4 Å². The molecule has 2 nitrogen and oxygen atoms in total. The van der Waals surface area contributed by atoms with E-state index in [4.69, 9.17) is 0 Å². The lowest BCUT2D eigenvalue weighted by atomic mass is 10.1. The molecule has 0 aliphatic heterocycles. The molecule has 0 N–H and O–H groups in total. The minimum absolute atomic E-state index is 0.0879. The molecule has 0 amide bonds. The molecule has 94 valence electrons. The first kappa shape index (κ1) is 11.7. The molecule has 19 heavy (non-hydrogen) atoms. The van der Waals surface area contributed by atoms with Gasteiger partial charge in [0, 0.05) is 23.3 Å². The van der Waals surface area contributed by atoms with Crippen molar-refractivity contribution in [2.24, 2.45) is 0 Å². The minimum Gasteiger partial charge on any atom is -0.311 e. The van der Waals surface area contributed by atoms with Crippen LogP contribution in [0.15, 0.2) is 54.7 Å². The number of carbonyl (C=O) groups excluding carboxylic acids is 1. The lowest BCUT2D eigenvalue weighted by Crippen LogP contribution is -2.07. The normalized spacial score (nSPS) is 10.8. The van der Waals surface area contributed by atoms with Gasteiger partial charge in [0.15, 0.2) is 5.82 Å². The molecule has 0 radical (unpaired) electrons. The van der Waals surface area contributed by atoms with E-state index in [9.17, 15) is 9.18 Å². The highest BCUT2D eigenvalue weighted by Gasteiger charge is 2.19. The Bertz CT molecular complexity index is 759. The van der Waals surface area contributed by atoms with Gasteiger partial charge < -0.3 is 4.40 Å². The Kier molecular flexibility index (Phi) is 2.67. The zero-order chi connectivity index (χ0) is 13.4. The number of nitrogens with zero attached hydrogens (tertiary/aromatic N) is 1. The fraction of sp³-hybridized carbons (Fsp3) is 0.0625. The van der Waals surface area contributed by atoms with E-state index in [1.807, 2.05) is 19.1 Å². The Morgan fingerprint density at radius 1 is 1.11 bits per heavy atom. The summed E-state index contributed by atoms with van der Waals surface area (Å²) in [7, 11) is 0. The van der Waals surface area contributed by atoms with Crippen molar-refractivity contribution in [1.82, 2.24) is 4.40 Å². The number of aryl methyl sites for hydroxylation is 1. The van der Waals surface area contributed by atoms with Crippen LogP contribution in [0.3, 0.4) is 0 Å². The molecule has 2 heterocycles. The Morgan fingerprint density at radius 3 is 2.58 bits per heavy atom. The van der Waals surface area contributed by atoms with Crippen LogP contribution in [-0.2, 0) is 0 Å². The summed E-state index contributed by atoms with van der Waals surface area (Å²) in [4.78, 5) is 12.4. The number of hydrogen-bond donors (Lipinski definition) is 0. The van der Waals surface area contributed by atoms with Crippen LogP contribution < -0.4 is 0 Å². The standard InChI is InChI=1S/C16H12FNO/c1-11-7-8-13-9-14(17)15(18(13)10-11)16(19)12-5-3-2-4-6-12/h2-10H,1H3. The summed E-state index contributed by atoms with van der Waals surface area (Å²) in [5, 5.41) is 0. The number of benzene rings is 1. The van der Waals surface area contributed by atoms with E-state index in [1.54, 1.807) is 40.9 Å². The summed E-state index contributed by atoms with van der Waals surface area (Å²) in [6.07, 6.45) is 1.77. The third-order valence-electron chi connectivity index (χ3n) is 3.12. The fourth-order valence-electron chi connectivity index (χ4n) is 2.19. The number of fused-ring (bicyclic) bond motifs is 1. The first-order valence-corrected chi connectivity index (χ1v) is 6.04. The first-order chi connectivity index (χ1) is 9.16. The average molecular weight is 253 g/mol. The second-order valence-corrected chi connectivity index (χ2v) is 4.54. The highest BCUT2D eigenvalue weighted by molar-refractivity contribution is 6.08. The van der Waals surface area contributed by atoms with Crippen LogP contribution in [0.4, 0.5) is 4.39 Å². The van der Waals surface area contributed by atoms with E-state index < -0.39 is 5.82 Å². The van der Waals surface area contributed by atoms with Crippen molar-refractivity contribution < 1.29 is 9.18 Å². The zero-order valence-corrected chi connectivity index (χ0v) is 10.4. The van der Waals surface area contributed by atoms with Gasteiger partial charge in [0.05, 0.1) is 0 Å². The Balaban J connectivity index is 2.22. The number of ketones is 1. The smallest absolute Gasteiger partial charge is 0.212 e. The zero-order valence-electron chi connectivity index (χ0n) is 10.4. The molecule has 0 unspecified atom stereocenters. The van der Waals surface area contributed by atoms with E-state index >= 15 is 0 Å². The summed E-state index contributed by atoms with van der Waals surface area (Å²) >= 11 is 0. The molecule has 0 saturated heterocycles. The molecule has 0 saturated carbocycles. The molecule has 3 rings (SSSR count). The van der Waals surface area contributed by atoms with Crippen LogP contribution in [0, 0.1) is 12.7 Å². The van der Waals surface area contributed by atoms with Crippen molar-refractivity contribution in [3.8, 4) is 0 Å². The van der Waals surface area contributed by atoms with Gasteiger partial charge in [-0.15, -0.1) is 0 Å². The first-order valence-electron chi connectivity index (χ1n) is 6.04. The van der Waals surface area contributed by atoms with Crippen molar-refractivity contribution in [3.63, 3.8) is 0 Å². The van der Waals surface area contributed by atoms with Gasteiger partial charge >= 0.3 is 0 Å². The number of hydrogen-bond acceptors (Lipinski definition) is 1. The van der Waals surface area contributed by atoms with E-state index in [2.05, 4.69) is 0 Å². The predicted molar refractivity (Wildman–Crippen MR) is 72.0 cm³/mol. The summed E-state index contributed by atoms with van der Waals surface area (Å²) in [5.74, 6) is -0.789. The van der Waals surface area contributed by atoms with Gasteiger partial charge in [-0.2, -0.15) is 0 Å². The molecular formula is C16H12FNO. The van der Waals surface area contributed by atoms with Crippen molar-refractivity contribution in [1.29, 1.82) is 0 Å². The molecule has 2 aromatic heterocycles. The number of rotatable bonds is 2. The second kappa shape index (κ2) is 4.35. The predicted octanol–water partition coefficient (Wildman–Crippen LogP) is 3.62. The average Bonchev–Trinajstić information content (AvgIpc) is 2.74. The molecule has 3 aromatic rings. The molecular weight excluding hydrogens is 241 g/mol. The minimum atomic E-state index is -0.487. The third kappa shape index (κ3) is 1.93. The SMILES string of the molecule is Cc1ccc2cc(F)c(C(=O)c3ccccc3)n2c1. The highest BCUT2D eigenvalue weighted by atomic mass is 19.1. The molecule has 0 aliphatic carbocycles. The molecule has 0 bridgehead atoms. The maximum absolute atomic E-state index is 14.0. The largest absolute Gasteiger partial charge is 0.311 e. The maximum atomic E-state index is 14.0. The Morgan fingerprint density at radius 2 is 1.84 bits per heavy atom. The Labute approximate surface area is 110 Å². The van der Waals surface area contributed by atoms with Gasteiger partial charge in [-0.25, -0.2) is 4.39 Å². The van der Waals surface area contributed by atoms with Crippen molar-refractivity contribution in [2.45, 2.75) is 6.92 Å². The van der Waals surface area contributed by atoms with E-state index in [0.717, 1.165) is 5.56 Å². The molecule has 3 heteroatoms. The summed E-state index contributed by atoms with van der Waals surface area (Å²) in [5.41, 5.74) is 2.24. The van der Waals surface area contributed by atoms with Crippen LogP contribution in [0.1, 0.15) is 21.6 Å². The fourth-order valence-corrected chi connectivity index (χ4v) is 2.19. The molecule has 0 aliphatic rings. The van der Waals surface area contributed by atoms with Gasteiger partial charge in [-0.3, -0.25) is 4.79 Å². The van der Waals surface area contributed by atoms with E-state index in [-0.39, 0.29) is 11.5 Å². The van der Waals surface area contributed by atoms with E-state index in [1.165, 1.54) is 6.07 Å². The maximum Gasteiger partial charge on any atom is 0.212 e. The lowest BCUT2D eigenvalue weighted by molar-refractivity contribution is 0.102. The van der Waals surface area contributed by atoms with Crippen LogP contribution in [0.25, 0.3) is 5.52 Å².